The lowest BCUT2D eigenvalue weighted by molar-refractivity contribution is 0.931. The van der Waals surface area contributed by atoms with Crippen LogP contribution in [0.3, 0.4) is 0 Å². The van der Waals surface area contributed by atoms with E-state index in [2.05, 4.69) is 20.2 Å². The molecular formula is C14H16ClN5. The zero-order valence-corrected chi connectivity index (χ0v) is 11.8. The van der Waals surface area contributed by atoms with Crippen LogP contribution in [0.1, 0.15) is 12.8 Å². The van der Waals surface area contributed by atoms with Crippen LogP contribution < -0.4 is 16.0 Å². The third-order valence-electron chi connectivity index (χ3n) is 3.38. The molecule has 5 nitrogen and oxygen atoms in total. The number of hydrogen-bond acceptors (Lipinski definition) is 5. The van der Waals surface area contributed by atoms with Crippen molar-refractivity contribution < 1.29 is 0 Å². The molecule has 1 aromatic heterocycles. The van der Waals surface area contributed by atoms with Crippen molar-refractivity contribution in [3.63, 3.8) is 0 Å². The highest BCUT2D eigenvalue weighted by atomic mass is 35.5. The van der Waals surface area contributed by atoms with E-state index in [0.29, 0.717) is 16.5 Å². The normalized spacial score (nSPS) is 14.6. The second-order valence-corrected chi connectivity index (χ2v) is 5.22. The Balaban J connectivity index is 1.86. The summed E-state index contributed by atoms with van der Waals surface area (Å²) in [5.41, 5.74) is 7.67. The Labute approximate surface area is 122 Å². The summed E-state index contributed by atoms with van der Waals surface area (Å²) in [5.74, 6) is 1.44. The molecular weight excluding hydrogens is 274 g/mol. The highest BCUT2D eigenvalue weighted by Crippen LogP contribution is 2.30. The molecule has 104 valence electrons. The van der Waals surface area contributed by atoms with Crippen molar-refractivity contribution in [1.82, 2.24) is 9.97 Å². The fraction of sp³-hybridized carbons (Fsp3) is 0.286. The van der Waals surface area contributed by atoms with Crippen molar-refractivity contribution in [3.05, 3.63) is 35.6 Å². The van der Waals surface area contributed by atoms with E-state index in [9.17, 15) is 0 Å². The molecule has 0 bridgehead atoms. The average Bonchev–Trinajstić information content (AvgIpc) is 2.97. The number of nitrogens with one attached hydrogen (secondary N) is 1. The molecule has 1 aliphatic rings. The molecule has 1 fully saturated rings. The Morgan fingerprint density at radius 3 is 2.50 bits per heavy atom. The van der Waals surface area contributed by atoms with Gasteiger partial charge in [0.1, 0.15) is 12.0 Å². The number of nitrogens with two attached hydrogens (primary N) is 1. The summed E-state index contributed by atoms with van der Waals surface area (Å²) in [4.78, 5) is 10.7. The van der Waals surface area contributed by atoms with Gasteiger partial charge in [0.25, 0.3) is 0 Å². The molecule has 3 rings (SSSR count). The maximum Gasteiger partial charge on any atom is 0.159 e. The molecule has 6 heteroatoms. The summed E-state index contributed by atoms with van der Waals surface area (Å²) < 4.78 is 0. The molecule has 2 aromatic rings. The molecule has 2 heterocycles. The van der Waals surface area contributed by atoms with E-state index in [1.165, 1.54) is 12.8 Å². The number of halogens is 1. The molecule has 20 heavy (non-hydrogen) atoms. The van der Waals surface area contributed by atoms with E-state index >= 15 is 0 Å². The zero-order chi connectivity index (χ0) is 13.9. The van der Waals surface area contributed by atoms with Gasteiger partial charge in [-0.25, -0.2) is 9.97 Å². The fourth-order valence-corrected chi connectivity index (χ4v) is 2.46. The monoisotopic (exact) mass is 289 g/mol. The van der Waals surface area contributed by atoms with Crippen molar-refractivity contribution in [3.8, 4) is 0 Å². The van der Waals surface area contributed by atoms with E-state index in [-0.39, 0.29) is 0 Å². The topological polar surface area (TPSA) is 67.1 Å². The second-order valence-electron chi connectivity index (χ2n) is 4.79. The van der Waals surface area contributed by atoms with Crippen LogP contribution in [-0.2, 0) is 0 Å². The number of nitrogen functional groups attached to an aromatic ring is 1. The lowest BCUT2D eigenvalue weighted by atomic mass is 10.3. The number of rotatable bonds is 3. The summed E-state index contributed by atoms with van der Waals surface area (Å²) >= 11 is 5.87. The van der Waals surface area contributed by atoms with Crippen LogP contribution in [0.5, 0.6) is 0 Å². The van der Waals surface area contributed by atoms with Crippen LogP contribution in [0.25, 0.3) is 0 Å². The Kier molecular flexibility index (Phi) is 3.60. The van der Waals surface area contributed by atoms with Gasteiger partial charge in [-0.3, -0.25) is 0 Å². The molecule has 0 amide bonds. The first kappa shape index (κ1) is 13.0. The van der Waals surface area contributed by atoms with Gasteiger partial charge in [0.15, 0.2) is 11.6 Å². The van der Waals surface area contributed by atoms with Crippen molar-refractivity contribution >= 4 is 34.6 Å². The van der Waals surface area contributed by atoms with Crippen LogP contribution in [0.4, 0.5) is 23.0 Å². The van der Waals surface area contributed by atoms with E-state index in [0.717, 1.165) is 24.6 Å². The first-order valence-corrected chi connectivity index (χ1v) is 7.00. The third kappa shape index (κ3) is 2.63. The fourth-order valence-electron chi connectivity index (χ4n) is 2.34. The zero-order valence-electron chi connectivity index (χ0n) is 11.0. The minimum atomic E-state index is 0.587. The van der Waals surface area contributed by atoms with Gasteiger partial charge in [-0.1, -0.05) is 11.6 Å². The van der Waals surface area contributed by atoms with Gasteiger partial charge in [-0.2, -0.15) is 0 Å². The third-order valence-corrected chi connectivity index (χ3v) is 3.63. The van der Waals surface area contributed by atoms with Crippen molar-refractivity contribution in [2.45, 2.75) is 12.8 Å². The molecule has 0 radical (unpaired) electrons. The Bertz CT molecular complexity index is 593. The lowest BCUT2D eigenvalue weighted by Crippen LogP contribution is -2.21. The van der Waals surface area contributed by atoms with Crippen LogP contribution in [0.15, 0.2) is 30.6 Å². The van der Waals surface area contributed by atoms with Crippen LogP contribution in [-0.4, -0.2) is 23.1 Å². The highest BCUT2D eigenvalue weighted by Gasteiger charge is 2.18. The Morgan fingerprint density at radius 2 is 1.80 bits per heavy atom. The lowest BCUT2D eigenvalue weighted by Gasteiger charge is -2.19. The first-order chi connectivity index (χ1) is 9.74. The van der Waals surface area contributed by atoms with Crippen molar-refractivity contribution in [2.24, 2.45) is 0 Å². The van der Waals surface area contributed by atoms with Gasteiger partial charge in [0, 0.05) is 23.8 Å². The minimum absolute atomic E-state index is 0.587. The summed E-state index contributed by atoms with van der Waals surface area (Å²) in [7, 11) is 0. The Morgan fingerprint density at radius 1 is 1.10 bits per heavy atom. The van der Waals surface area contributed by atoms with Gasteiger partial charge in [0.05, 0.1) is 0 Å². The summed E-state index contributed by atoms with van der Waals surface area (Å²) in [6.07, 6.45) is 3.91. The molecule has 1 aliphatic heterocycles. The van der Waals surface area contributed by atoms with Gasteiger partial charge < -0.3 is 16.0 Å². The van der Waals surface area contributed by atoms with Gasteiger partial charge in [-0.05, 0) is 37.1 Å². The highest BCUT2D eigenvalue weighted by molar-refractivity contribution is 6.30. The average molecular weight is 290 g/mol. The largest absolute Gasteiger partial charge is 0.393 e. The second kappa shape index (κ2) is 5.54. The summed E-state index contributed by atoms with van der Waals surface area (Å²) in [6.45, 7) is 2.00. The van der Waals surface area contributed by atoms with E-state index in [4.69, 9.17) is 17.3 Å². The maximum atomic E-state index is 6.19. The van der Waals surface area contributed by atoms with Crippen LogP contribution in [0.2, 0.25) is 5.02 Å². The predicted molar refractivity (Wildman–Crippen MR) is 82.6 cm³/mol. The SMILES string of the molecule is Nc1c(Nc2ccc(Cl)cc2)ncnc1N1CCCC1. The molecule has 0 saturated carbocycles. The maximum absolute atomic E-state index is 6.19. The minimum Gasteiger partial charge on any atom is -0.393 e. The number of aromatic nitrogens is 2. The molecule has 1 saturated heterocycles. The molecule has 0 atom stereocenters. The molecule has 3 N–H and O–H groups in total. The molecule has 1 aromatic carbocycles. The number of anilines is 4. The smallest absolute Gasteiger partial charge is 0.159 e. The van der Waals surface area contributed by atoms with E-state index in [1.807, 2.05) is 24.3 Å². The first-order valence-electron chi connectivity index (χ1n) is 6.62. The van der Waals surface area contributed by atoms with E-state index in [1.54, 1.807) is 6.33 Å². The number of nitrogens with zero attached hydrogens (tertiary/aromatic N) is 3. The predicted octanol–water partition coefficient (Wildman–Crippen LogP) is 3.06. The van der Waals surface area contributed by atoms with E-state index < -0.39 is 0 Å². The molecule has 0 unspecified atom stereocenters. The van der Waals surface area contributed by atoms with Gasteiger partial charge in [0.2, 0.25) is 0 Å². The van der Waals surface area contributed by atoms with Crippen LogP contribution >= 0.6 is 11.6 Å². The quantitative estimate of drug-likeness (QED) is 0.909. The molecule has 0 aliphatic carbocycles. The van der Waals surface area contributed by atoms with Crippen molar-refractivity contribution in [1.29, 1.82) is 0 Å². The standard InChI is InChI=1S/C14H16ClN5/c15-10-3-5-11(6-4-10)19-13-12(16)14(18-9-17-13)20-7-1-2-8-20/h3-6,9H,1-2,7-8,16H2,(H,17,18,19). The summed E-state index contributed by atoms with van der Waals surface area (Å²) in [5, 5.41) is 3.90. The summed E-state index contributed by atoms with van der Waals surface area (Å²) in [6, 6.07) is 7.42. The van der Waals surface area contributed by atoms with Crippen LogP contribution in [0, 0.1) is 0 Å². The van der Waals surface area contributed by atoms with Crippen molar-refractivity contribution in [2.75, 3.05) is 29.0 Å². The number of benzene rings is 1. The van der Waals surface area contributed by atoms with Gasteiger partial charge in [-0.15, -0.1) is 0 Å². The molecule has 0 spiro atoms. The van der Waals surface area contributed by atoms with Gasteiger partial charge >= 0.3 is 0 Å². The Hall–Kier alpha value is -2.01. The number of hydrogen-bond donors (Lipinski definition) is 2.